The number of fused-ring (bicyclic) bond motifs is 1. The van der Waals surface area contributed by atoms with Crippen LogP contribution >= 0.6 is 0 Å². The summed E-state index contributed by atoms with van der Waals surface area (Å²) < 4.78 is 23.9. The van der Waals surface area contributed by atoms with Gasteiger partial charge in [0.25, 0.3) is 0 Å². The van der Waals surface area contributed by atoms with E-state index in [0.29, 0.717) is 45.9 Å². The van der Waals surface area contributed by atoms with Crippen LogP contribution in [0.2, 0.25) is 0 Å². The van der Waals surface area contributed by atoms with Crippen LogP contribution in [0, 0.1) is 11.8 Å². The Morgan fingerprint density at radius 1 is 1.00 bits per heavy atom. The summed E-state index contributed by atoms with van der Waals surface area (Å²) in [7, 11) is 4.59. The summed E-state index contributed by atoms with van der Waals surface area (Å²) in [6.45, 7) is 0. The van der Waals surface area contributed by atoms with E-state index in [1.165, 1.54) is 20.4 Å². The van der Waals surface area contributed by atoms with E-state index in [-0.39, 0.29) is 28.9 Å². The summed E-state index contributed by atoms with van der Waals surface area (Å²) >= 11 is 0. The Kier molecular flexibility index (Phi) is 8.76. The van der Waals surface area contributed by atoms with E-state index in [0.717, 1.165) is 37.7 Å². The normalized spacial score (nSPS) is 13.2. The fourth-order valence-electron chi connectivity index (χ4n) is 5.65. The van der Waals surface area contributed by atoms with Crippen molar-refractivity contribution in [3.63, 3.8) is 0 Å². The van der Waals surface area contributed by atoms with Gasteiger partial charge in [-0.15, -0.1) is 0 Å². The highest BCUT2D eigenvalue weighted by Crippen LogP contribution is 2.37. The Morgan fingerprint density at radius 2 is 1.73 bits per heavy atom. The van der Waals surface area contributed by atoms with Gasteiger partial charge >= 0.3 is 6.16 Å². The van der Waals surface area contributed by atoms with Gasteiger partial charge in [0.2, 0.25) is 11.4 Å². The third-order valence-electron chi connectivity index (χ3n) is 7.67. The van der Waals surface area contributed by atoms with E-state index in [9.17, 15) is 14.7 Å². The molecule has 5 rings (SSSR count). The molecule has 0 spiro atoms. The lowest BCUT2D eigenvalue weighted by molar-refractivity contribution is 0.143. The minimum Gasteiger partial charge on any atom is -0.493 e. The van der Waals surface area contributed by atoms with Crippen LogP contribution in [0.3, 0.4) is 0 Å². The molecule has 1 fully saturated rings. The first kappa shape index (κ1) is 30.0. The molecule has 1 aliphatic carbocycles. The van der Waals surface area contributed by atoms with Gasteiger partial charge in [-0.05, 0) is 42.7 Å². The second kappa shape index (κ2) is 12.8. The molecule has 0 unspecified atom stereocenters. The summed E-state index contributed by atoms with van der Waals surface area (Å²) in [4.78, 5) is 32.7. The molecule has 1 saturated carbocycles. The zero-order valence-corrected chi connectivity index (χ0v) is 24.7. The number of aromatic nitrogens is 3. The zero-order valence-electron chi connectivity index (χ0n) is 24.7. The molecule has 228 valence electrons. The smallest absolute Gasteiger partial charge is 0.493 e. The predicted molar refractivity (Wildman–Crippen MR) is 165 cm³/mol. The van der Waals surface area contributed by atoms with Gasteiger partial charge < -0.3 is 40.1 Å². The Bertz CT molecular complexity index is 1850. The SMILES string of the molecule is COc1cc(Cc2cnc(N)nc2N)cc(C#Cc2ccc3c(=O)c(OC(=O)O)cn(C4CCCCC4)c3c2OC)c1OC. The molecule has 0 bridgehead atoms. The summed E-state index contributed by atoms with van der Waals surface area (Å²) in [6, 6.07) is 7.02. The minimum atomic E-state index is -1.55. The van der Waals surface area contributed by atoms with Crippen molar-refractivity contribution in [1.82, 2.24) is 14.5 Å². The molecule has 0 aliphatic heterocycles. The molecule has 5 N–H and O–H groups in total. The fraction of sp³-hybridized carbons (Fsp3) is 0.312. The van der Waals surface area contributed by atoms with Gasteiger partial charge in [0.1, 0.15) is 5.82 Å². The standard InChI is InChI=1S/C32H33N5O7/c1-41-24-15-18(14-21-16-35-31(34)36-30(21)33)13-20(28(24)42-2)10-9-19-11-12-23-26(29(19)43-3)37(22-7-5-4-6-8-22)17-25(27(23)38)44-32(39)40/h11-13,15-17,22H,4-8,14H2,1-3H3,(H,39,40)(H4,33,34,35,36). The number of nitrogen functional groups attached to an aromatic ring is 2. The van der Waals surface area contributed by atoms with Crippen molar-refractivity contribution in [2.24, 2.45) is 0 Å². The Labute approximate surface area is 253 Å². The molecule has 2 heterocycles. The lowest BCUT2D eigenvalue weighted by Crippen LogP contribution is -2.20. The van der Waals surface area contributed by atoms with E-state index in [4.69, 9.17) is 30.4 Å². The van der Waals surface area contributed by atoms with E-state index in [2.05, 4.69) is 21.8 Å². The molecule has 0 saturated heterocycles. The van der Waals surface area contributed by atoms with Gasteiger partial charge in [-0.1, -0.05) is 31.1 Å². The van der Waals surface area contributed by atoms with Gasteiger partial charge in [0, 0.05) is 24.2 Å². The van der Waals surface area contributed by atoms with Crippen LogP contribution in [-0.4, -0.2) is 47.1 Å². The van der Waals surface area contributed by atoms with Crippen molar-refractivity contribution in [1.29, 1.82) is 0 Å². The number of carbonyl (C=O) groups is 1. The van der Waals surface area contributed by atoms with Gasteiger partial charge in [0.05, 0.1) is 49.6 Å². The Hall–Kier alpha value is -5.44. The third kappa shape index (κ3) is 6.03. The molecule has 1 aliphatic rings. The largest absolute Gasteiger partial charge is 0.511 e. The highest BCUT2D eigenvalue weighted by Gasteiger charge is 2.24. The number of methoxy groups -OCH3 is 3. The van der Waals surface area contributed by atoms with Crippen molar-refractivity contribution in [2.45, 2.75) is 44.6 Å². The number of hydrogen-bond acceptors (Lipinski definition) is 10. The average Bonchev–Trinajstić information content (AvgIpc) is 3.02. The Morgan fingerprint density at radius 3 is 2.39 bits per heavy atom. The van der Waals surface area contributed by atoms with Crippen molar-refractivity contribution in [3.8, 4) is 34.8 Å². The lowest BCUT2D eigenvalue weighted by Gasteiger charge is -2.27. The zero-order chi connectivity index (χ0) is 31.4. The number of benzene rings is 2. The van der Waals surface area contributed by atoms with Crippen molar-refractivity contribution in [2.75, 3.05) is 32.8 Å². The quantitative estimate of drug-likeness (QED) is 0.201. The molecule has 0 amide bonds. The maximum absolute atomic E-state index is 13.3. The molecule has 4 aromatic rings. The van der Waals surface area contributed by atoms with Crippen LogP contribution in [-0.2, 0) is 6.42 Å². The van der Waals surface area contributed by atoms with Gasteiger partial charge in [-0.3, -0.25) is 4.79 Å². The molecule has 2 aromatic heterocycles. The first-order chi connectivity index (χ1) is 21.2. The number of carboxylic acid groups (broad SMARTS) is 1. The maximum Gasteiger partial charge on any atom is 0.511 e. The van der Waals surface area contributed by atoms with E-state index < -0.39 is 11.6 Å². The second-order valence-electron chi connectivity index (χ2n) is 10.4. The van der Waals surface area contributed by atoms with Gasteiger partial charge in [-0.25, -0.2) is 9.78 Å². The number of nitrogens with two attached hydrogens (primary N) is 2. The van der Waals surface area contributed by atoms with Crippen LogP contribution in [0.25, 0.3) is 10.9 Å². The molecule has 0 radical (unpaired) electrons. The first-order valence-electron chi connectivity index (χ1n) is 14.0. The summed E-state index contributed by atoms with van der Waals surface area (Å²) in [6.07, 6.45) is 6.79. The van der Waals surface area contributed by atoms with Crippen molar-refractivity contribution >= 4 is 28.8 Å². The van der Waals surface area contributed by atoms with Crippen LogP contribution in [0.4, 0.5) is 16.6 Å². The highest BCUT2D eigenvalue weighted by atomic mass is 16.7. The van der Waals surface area contributed by atoms with Crippen LogP contribution in [0.1, 0.15) is 60.4 Å². The Balaban J connectivity index is 1.65. The summed E-state index contributed by atoms with van der Waals surface area (Å²) in [5.41, 5.74) is 14.3. The number of ether oxygens (including phenoxy) is 4. The van der Waals surface area contributed by atoms with E-state index in [1.807, 2.05) is 16.7 Å². The van der Waals surface area contributed by atoms with Crippen molar-refractivity contribution < 1.29 is 28.8 Å². The third-order valence-corrected chi connectivity index (χ3v) is 7.67. The minimum absolute atomic E-state index is 0.0332. The molecule has 2 aromatic carbocycles. The monoisotopic (exact) mass is 599 g/mol. The van der Waals surface area contributed by atoms with Crippen LogP contribution in [0.15, 0.2) is 41.5 Å². The summed E-state index contributed by atoms with van der Waals surface area (Å²) in [5.74, 6) is 7.81. The number of nitrogens with zero attached hydrogens (tertiary/aromatic N) is 3. The van der Waals surface area contributed by atoms with Gasteiger partial charge in [0.15, 0.2) is 23.0 Å². The van der Waals surface area contributed by atoms with Crippen molar-refractivity contribution in [3.05, 3.63) is 69.1 Å². The number of hydrogen-bond donors (Lipinski definition) is 3. The van der Waals surface area contributed by atoms with E-state index >= 15 is 0 Å². The first-order valence-corrected chi connectivity index (χ1v) is 14.0. The number of pyridine rings is 1. The molecular formula is C32H33N5O7. The molecule has 44 heavy (non-hydrogen) atoms. The predicted octanol–water partition coefficient (Wildman–Crippen LogP) is 4.53. The molecule has 12 nitrogen and oxygen atoms in total. The topological polar surface area (TPSA) is 174 Å². The van der Waals surface area contributed by atoms with Gasteiger partial charge in [-0.2, -0.15) is 4.98 Å². The second-order valence-corrected chi connectivity index (χ2v) is 10.4. The van der Waals surface area contributed by atoms with Crippen LogP contribution in [0.5, 0.6) is 23.0 Å². The lowest BCUT2D eigenvalue weighted by atomic mass is 9.94. The average molecular weight is 600 g/mol. The fourth-order valence-corrected chi connectivity index (χ4v) is 5.65. The molecule has 0 atom stereocenters. The summed E-state index contributed by atoms with van der Waals surface area (Å²) in [5, 5.41) is 9.52. The van der Waals surface area contributed by atoms with E-state index in [1.54, 1.807) is 25.4 Å². The highest BCUT2D eigenvalue weighted by molar-refractivity contribution is 5.89. The molecule has 12 heteroatoms. The maximum atomic E-state index is 13.3. The molecular weight excluding hydrogens is 566 g/mol. The number of anilines is 2. The van der Waals surface area contributed by atoms with Crippen LogP contribution < -0.4 is 35.8 Å². The number of rotatable bonds is 7.